The minimum absolute atomic E-state index is 0.0456. The first-order valence-electron chi connectivity index (χ1n) is 6.70. The summed E-state index contributed by atoms with van der Waals surface area (Å²) in [5, 5.41) is 3.33. The zero-order chi connectivity index (χ0) is 13.9. The number of benzene rings is 1. The summed E-state index contributed by atoms with van der Waals surface area (Å²) in [7, 11) is 0. The standard InChI is InChI=1S/C15H16ClFN2S/c16-14-6-5-13(20-14)15(19-9-7-18-8-10-19)11-3-1-2-4-12(11)17/h1-6,15,18H,7-10H2/t15-/m0/s1. The average Bonchev–Trinajstić information content (AvgIpc) is 2.89. The SMILES string of the molecule is Fc1ccccc1[C@@H](c1ccc(Cl)s1)N1CCNCC1. The number of nitrogens with one attached hydrogen (secondary N) is 1. The number of nitrogens with zero attached hydrogens (tertiary/aromatic N) is 1. The van der Waals surface area contributed by atoms with Gasteiger partial charge in [0, 0.05) is 36.6 Å². The molecule has 2 nitrogen and oxygen atoms in total. The Morgan fingerprint density at radius 3 is 2.55 bits per heavy atom. The van der Waals surface area contributed by atoms with Crippen LogP contribution in [0.1, 0.15) is 16.5 Å². The van der Waals surface area contributed by atoms with Crippen molar-refractivity contribution < 1.29 is 4.39 Å². The lowest BCUT2D eigenvalue weighted by Gasteiger charge is -2.34. The normalized spacial score (nSPS) is 18.1. The van der Waals surface area contributed by atoms with Gasteiger partial charge < -0.3 is 5.32 Å². The highest BCUT2D eigenvalue weighted by molar-refractivity contribution is 7.16. The van der Waals surface area contributed by atoms with Gasteiger partial charge in [-0.1, -0.05) is 29.8 Å². The first-order chi connectivity index (χ1) is 9.75. The van der Waals surface area contributed by atoms with Crippen LogP contribution in [0, 0.1) is 5.82 Å². The number of hydrogen-bond acceptors (Lipinski definition) is 3. The summed E-state index contributed by atoms with van der Waals surface area (Å²) < 4.78 is 15.0. The van der Waals surface area contributed by atoms with Crippen LogP contribution in [0.3, 0.4) is 0 Å². The van der Waals surface area contributed by atoms with Gasteiger partial charge in [0.1, 0.15) is 5.82 Å². The zero-order valence-electron chi connectivity index (χ0n) is 11.0. The number of halogens is 2. The molecule has 5 heteroatoms. The molecule has 0 spiro atoms. The van der Waals surface area contributed by atoms with Crippen LogP contribution >= 0.6 is 22.9 Å². The van der Waals surface area contributed by atoms with Crippen LogP contribution < -0.4 is 5.32 Å². The van der Waals surface area contributed by atoms with E-state index in [1.54, 1.807) is 6.07 Å². The van der Waals surface area contributed by atoms with Crippen molar-refractivity contribution in [2.24, 2.45) is 0 Å². The van der Waals surface area contributed by atoms with E-state index in [-0.39, 0.29) is 11.9 Å². The molecule has 1 aliphatic heterocycles. The predicted octanol–water partition coefficient (Wildman–Crippen LogP) is 3.54. The third-order valence-corrected chi connectivity index (χ3v) is 4.86. The Balaban J connectivity index is 2.01. The van der Waals surface area contributed by atoms with E-state index in [4.69, 9.17) is 11.6 Å². The summed E-state index contributed by atoms with van der Waals surface area (Å²) >= 11 is 7.59. The molecule has 2 aromatic rings. The lowest BCUT2D eigenvalue weighted by molar-refractivity contribution is 0.197. The summed E-state index contributed by atoms with van der Waals surface area (Å²) in [6.45, 7) is 3.69. The fraction of sp³-hybridized carbons (Fsp3) is 0.333. The molecule has 0 unspecified atom stereocenters. The van der Waals surface area contributed by atoms with Crippen molar-refractivity contribution in [3.05, 3.63) is 57.0 Å². The van der Waals surface area contributed by atoms with E-state index in [9.17, 15) is 4.39 Å². The van der Waals surface area contributed by atoms with Gasteiger partial charge in [-0.25, -0.2) is 4.39 Å². The van der Waals surface area contributed by atoms with E-state index < -0.39 is 0 Å². The van der Waals surface area contributed by atoms with E-state index in [2.05, 4.69) is 10.2 Å². The maximum Gasteiger partial charge on any atom is 0.128 e. The van der Waals surface area contributed by atoms with E-state index in [1.807, 2.05) is 24.3 Å². The quantitative estimate of drug-likeness (QED) is 0.933. The Bertz CT molecular complexity index is 581. The lowest BCUT2D eigenvalue weighted by atomic mass is 10.0. The van der Waals surface area contributed by atoms with Crippen molar-refractivity contribution in [1.29, 1.82) is 0 Å². The summed E-state index contributed by atoms with van der Waals surface area (Å²) in [5.41, 5.74) is 0.730. The van der Waals surface area contributed by atoms with E-state index in [0.29, 0.717) is 0 Å². The van der Waals surface area contributed by atoms with Crippen LogP contribution in [0.4, 0.5) is 4.39 Å². The zero-order valence-corrected chi connectivity index (χ0v) is 12.6. The maximum atomic E-state index is 14.2. The molecule has 1 fully saturated rings. The second-order valence-corrected chi connectivity index (χ2v) is 6.60. The second-order valence-electron chi connectivity index (χ2n) is 4.85. The second kappa shape index (κ2) is 6.22. The molecule has 3 rings (SSSR count). The minimum atomic E-state index is -0.152. The molecule has 0 saturated carbocycles. The molecular weight excluding hydrogens is 295 g/mol. The van der Waals surface area contributed by atoms with Gasteiger partial charge in [0.05, 0.1) is 10.4 Å². The summed E-state index contributed by atoms with van der Waals surface area (Å²) in [4.78, 5) is 3.42. The number of hydrogen-bond donors (Lipinski definition) is 1. The molecule has 1 aromatic carbocycles. The topological polar surface area (TPSA) is 15.3 Å². The molecule has 1 N–H and O–H groups in total. The third-order valence-electron chi connectivity index (χ3n) is 3.58. The Morgan fingerprint density at radius 1 is 1.15 bits per heavy atom. The Kier molecular flexibility index (Phi) is 4.36. The molecule has 1 atom stereocenters. The van der Waals surface area contributed by atoms with Crippen LogP contribution in [0.2, 0.25) is 4.34 Å². The van der Waals surface area contributed by atoms with Crippen LogP contribution in [-0.4, -0.2) is 31.1 Å². The van der Waals surface area contributed by atoms with Gasteiger partial charge >= 0.3 is 0 Å². The molecule has 1 aromatic heterocycles. The van der Waals surface area contributed by atoms with Crippen LogP contribution in [0.5, 0.6) is 0 Å². The highest BCUT2D eigenvalue weighted by Gasteiger charge is 2.27. The highest BCUT2D eigenvalue weighted by Crippen LogP contribution is 2.36. The van der Waals surface area contributed by atoms with Gasteiger partial charge in [-0.05, 0) is 18.2 Å². The van der Waals surface area contributed by atoms with Gasteiger partial charge in [-0.15, -0.1) is 11.3 Å². The maximum absolute atomic E-state index is 14.2. The molecule has 0 aliphatic carbocycles. The molecular formula is C15H16ClFN2S. The Labute approximate surface area is 127 Å². The van der Waals surface area contributed by atoms with Crippen molar-refractivity contribution in [1.82, 2.24) is 10.2 Å². The Hall–Kier alpha value is -0.940. The van der Waals surface area contributed by atoms with Crippen molar-refractivity contribution in [3.63, 3.8) is 0 Å². The van der Waals surface area contributed by atoms with E-state index in [1.165, 1.54) is 17.4 Å². The molecule has 2 heterocycles. The van der Waals surface area contributed by atoms with Gasteiger partial charge in [-0.2, -0.15) is 0 Å². The summed E-state index contributed by atoms with van der Waals surface area (Å²) in [6.07, 6.45) is 0. The third kappa shape index (κ3) is 2.88. The first kappa shape index (κ1) is 14.0. The molecule has 0 bridgehead atoms. The predicted molar refractivity (Wildman–Crippen MR) is 82.0 cm³/mol. The van der Waals surface area contributed by atoms with Crippen LogP contribution in [0.25, 0.3) is 0 Å². The van der Waals surface area contributed by atoms with E-state index in [0.717, 1.165) is 41.0 Å². The molecule has 106 valence electrons. The van der Waals surface area contributed by atoms with Crippen molar-refractivity contribution >= 4 is 22.9 Å². The molecule has 20 heavy (non-hydrogen) atoms. The monoisotopic (exact) mass is 310 g/mol. The molecule has 1 saturated heterocycles. The van der Waals surface area contributed by atoms with Crippen molar-refractivity contribution in [2.45, 2.75) is 6.04 Å². The minimum Gasteiger partial charge on any atom is -0.314 e. The fourth-order valence-corrected chi connectivity index (χ4v) is 3.86. The van der Waals surface area contributed by atoms with Gasteiger partial charge in [0.2, 0.25) is 0 Å². The number of piperazine rings is 1. The van der Waals surface area contributed by atoms with E-state index >= 15 is 0 Å². The molecule has 1 aliphatic rings. The van der Waals surface area contributed by atoms with Gasteiger partial charge in [0.15, 0.2) is 0 Å². The lowest BCUT2D eigenvalue weighted by Crippen LogP contribution is -2.45. The van der Waals surface area contributed by atoms with Crippen LogP contribution in [0.15, 0.2) is 36.4 Å². The van der Waals surface area contributed by atoms with Gasteiger partial charge in [-0.3, -0.25) is 4.90 Å². The fourth-order valence-electron chi connectivity index (χ4n) is 2.64. The largest absolute Gasteiger partial charge is 0.314 e. The first-order valence-corrected chi connectivity index (χ1v) is 7.89. The van der Waals surface area contributed by atoms with Crippen molar-refractivity contribution in [3.8, 4) is 0 Å². The average molecular weight is 311 g/mol. The van der Waals surface area contributed by atoms with Gasteiger partial charge in [0.25, 0.3) is 0 Å². The van der Waals surface area contributed by atoms with Crippen molar-refractivity contribution in [2.75, 3.05) is 26.2 Å². The highest BCUT2D eigenvalue weighted by atomic mass is 35.5. The molecule has 0 radical (unpaired) electrons. The molecule has 0 amide bonds. The van der Waals surface area contributed by atoms with Crippen LogP contribution in [-0.2, 0) is 0 Å². The summed E-state index contributed by atoms with van der Waals surface area (Å²) in [6, 6.07) is 10.9. The Morgan fingerprint density at radius 2 is 1.90 bits per heavy atom. The smallest absolute Gasteiger partial charge is 0.128 e. The summed E-state index contributed by atoms with van der Waals surface area (Å²) in [5.74, 6) is -0.152. The number of rotatable bonds is 3. The number of thiophene rings is 1.